The van der Waals surface area contributed by atoms with Crippen molar-refractivity contribution >= 4 is 67.9 Å². The highest BCUT2D eigenvalue weighted by molar-refractivity contribution is 14.1. The van der Waals surface area contributed by atoms with Gasteiger partial charge in [0.2, 0.25) is 0 Å². The third-order valence-corrected chi connectivity index (χ3v) is 7.21. The standard InChI is InChI=1S/C14H6F2I2S2/c15-9-6-8(14-12(18)2-4-20-14)10(16)5-7(9)13-11(17)1-3-19-13/h1-6H. The molecule has 0 saturated carbocycles. The van der Waals surface area contributed by atoms with Crippen LogP contribution in [0.1, 0.15) is 0 Å². The fraction of sp³-hybridized carbons (Fsp3) is 0. The van der Waals surface area contributed by atoms with Crippen LogP contribution in [0.25, 0.3) is 20.9 Å². The van der Waals surface area contributed by atoms with Gasteiger partial charge in [-0.25, -0.2) is 8.78 Å². The fourth-order valence-corrected chi connectivity index (χ4v) is 5.67. The van der Waals surface area contributed by atoms with Crippen LogP contribution in [0.2, 0.25) is 0 Å². The third-order valence-electron chi connectivity index (χ3n) is 2.78. The Labute approximate surface area is 150 Å². The molecule has 0 amide bonds. The van der Waals surface area contributed by atoms with Gasteiger partial charge in [-0.2, -0.15) is 0 Å². The minimum Gasteiger partial charge on any atom is -0.206 e. The molecule has 102 valence electrons. The van der Waals surface area contributed by atoms with E-state index in [2.05, 4.69) is 45.2 Å². The van der Waals surface area contributed by atoms with E-state index >= 15 is 0 Å². The molecule has 3 rings (SSSR count). The van der Waals surface area contributed by atoms with Gasteiger partial charge in [0, 0.05) is 18.3 Å². The topological polar surface area (TPSA) is 0 Å². The molecule has 0 aliphatic carbocycles. The Morgan fingerprint density at radius 1 is 0.750 bits per heavy atom. The summed E-state index contributed by atoms with van der Waals surface area (Å²) in [7, 11) is 0. The highest BCUT2D eigenvalue weighted by atomic mass is 127. The van der Waals surface area contributed by atoms with Crippen molar-refractivity contribution in [3.8, 4) is 20.9 Å². The van der Waals surface area contributed by atoms with Crippen molar-refractivity contribution in [3.63, 3.8) is 0 Å². The number of hydrogen-bond donors (Lipinski definition) is 0. The van der Waals surface area contributed by atoms with Crippen LogP contribution in [-0.4, -0.2) is 0 Å². The zero-order valence-corrected chi connectivity index (χ0v) is 15.7. The van der Waals surface area contributed by atoms with Crippen LogP contribution in [0.15, 0.2) is 35.0 Å². The highest BCUT2D eigenvalue weighted by Gasteiger charge is 2.17. The molecule has 0 bridgehead atoms. The van der Waals surface area contributed by atoms with Gasteiger partial charge < -0.3 is 0 Å². The zero-order chi connectivity index (χ0) is 14.3. The summed E-state index contributed by atoms with van der Waals surface area (Å²) in [5.41, 5.74) is 0.662. The van der Waals surface area contributed by atoms with Crippen LogP contribution < -0.4 is 0 Å². The summed E-state index contributed by atoms with van der Waals surface area (Å²) >= 11 is 7.11. The summed E-state index contributed by atoms with van der Waals surface area (Å²) in [5, 5.41) is 3.76. The Hall–Kier alpha value is -0.0600. The van der Waals surface area contributed by atoms with E-state index in [-0.39, 0.29) is 11.6 Å². The molecule has 2 heterocycles. The highest BCUT2D eigenvalue weighted by Crippen LogP contribution is 2.38. The number of rotatable bonds is 2. The van der Waals surface area contributed by atoms with Crippen LogP contribution in [0.3, 0.4) is 0 Å². The summed E-state index contributed by atoms with van der Waals surface area (Å²) in [5.74, 6) is -0.767. The predicted molar refractivity (Wildman–Crippen MR) is 98.4 cm³/mol. The van der Waals surface area contributed by atoms with Gasteiger partial charge >= 0.3 is 0 Å². The number of halogens is 4. The molecule has 1 aromatic carbocycles. The molecule has 0 aliphatic rings. The maximum atomic E-state index is 14.3. The van der Waals surface area contributed by atoms with Gasteiger partial charge in [-0.05, 0) is 80.2 Å². The molecule has 20 heavy (non-hydrogen) atoms. The molecular formula is C14H6F2I2S2. The van der Waals surface area contributed by atoms with Crippen LogP contribution in [0.4, 0.5) is 8.78 Å². The zero-order valence-electron chi connectivity index (χ0n) is 9.79. The van der Waals surface area contributed by atoms with E-state index in [1.54, 1.807) is 0 Å². The minimum absolute atomic E-state index is 0.331. The van der Waals surface area contributed by atoms with Crippen molar-refractivity contribution in [1.29, 1.82) is 0 Å². The lowest BCUT2D eigenvalue weighted by molar-refractivity contribution is 0.606. The molecule has 6 heteroatoms. The Morgan fingerprint density at radius 3 is 1.45 bits per heavy atom. The monoisotopic (exact) mass is 530 g/mol. The molecule has 3 aromatic rings. The minimum atomic E-state index is -0.383. The Balaban J connectivity index is 2.17. The molecular weight excluding hydrogens is 524 g/mol. The normalized spacial score (nSPS) is 11.0. The van der Waals surface area contributed by atoms with E-state index in [1.807, 2.05) is 22.9 Å². The molecule has 0 fully saturated rings. The third kappa shape index (κ3) is 2.67. The van der Waals surface area contributed by atoms with Crippen molar-refractivity contribution in [2.24, 2.45) is 0 Å². The first kappa shape index (κ1) is 14.9. The second-order valence-corrected chi connectivity index (χ2v) is 8.16. The van der Waals surface area contributed by atoms with E-state index in [9.17, 15) is 8.78 Å². The molecule has 0 nitrogen and oxygen atoms in total. The van der Waals surface area contributed by atoms with E-state index in [4.69, 9.17) is 0 Å². The summed E-state index contributed by atoms with van der Waals surface area (Å²) in [6, 6.07) is 6.39. The summed E-state index contributed by atoms with van der Waals surface area (Å²) in [6.45, 7) is 0. The first-order chi connectivity index (χ1) is 9.58. The molecule has 2 aromatic heterocycles. The van der Waals surface area contributed by atoms with Gasteiger partial charge in [0.1, 0.15) is 11.6 Å². The van der Waals surface area contributed by atoms with Crippen molar-refractivity contribution in [2.45, 2.75) is 0 Å². The van der Waals surface area contributed by atoms with Gasteiger partial charge in [0.15, 0.2) is 0 Å². The Morgan fingerprint density at radius 2 is 1.15 bits per heavy atom. The largest absolute Gasteiger partial charge is 0.206 e. The van der Waals surface area contributed by atoms with Gasteiger partial charge in [-0.3, -0.25) is 0 Å². The van der Waals surface area contributed by atoms with Crippen molar-refractivity contribution in [2.75, 3.05) is 0 Å². The quantitative estimate of drug-likeness (QED) is 0.327. The van der Waals surface area contributed by atoms with Crippen molar-refractivity contribution in [1.82, 2.24) is 0 Å². The molecule has 0 N–H and O–H groups in total. The Kier molecular flexibility index (Phi) is 4.44. The summed E-state index contributed by atoms with van der Waals surface area (Å²) in [4.78, 5) is 1.55. The molecule has 0 unspecified atom stereocenters. The lowest BCUT2D eigenvalue weighted by Crippen LogP contribution is -1.91. The van der Waals surface area contributed by atoms with Crippen LogP contribution in [0, 0.1) is 18.8 Å². The first-order valence-corrected chi connectivity index (χ1v) is 9.45. The van der Waals surface area contributed by atoms with Crippen LogP contribution in [0.5, 0.6) is 0 Å². The maximum absolute atomic E-state index is 14.3. The SMILES string of the molecule is Fc1cc(-c2sccc2I)c(F)cc1-c1sccc1I. The first-order valence-electron chi connectivity index (χ1n) is 5.53. The summed E-state index contributed by atoms with van der Waals surface area (Å²) in [6.07, 6.45) is 0. The molecule has 0 atom stereocenters. The van der Waals surface area contributed by atoms with Gasteiger partial charge in [-0.1, -0.05) is 0 Å². The van der Waals surface area contributed by atoms with Crippen molar-refractivity contribution in [3.05, 3.63) is 53.8 Å². The second kappa shape index (κ2) is 5.98. The van der Waals surface area contributed by atoms with E-state index in [0.29, 0.717) is 11.1 Å². The lowest BCUT2D eigenvalue weighted by atomic mass is 10.1. The maximum Gasteiger partial charge on any atom is 0.132 e. The second-order valence-electron chi connectivity index (χ2n) is 4.01. The lowest BCUT2D eigenvalue weighted by Gasteiger charge is -2.07. The smallest absolute Gasteiger partial charge is 0.132 e. The van der Waals surface area contributed by atoms with Gasteiger partial charge in [0.25, 0.3) is 0 Å². The fourth-order valence-electron chi connectivity index (χ4n) is 1.87. The molecule has 0 saturated heterocycles. The van der Waals surface area contributed by atoms with E-state index in [0.717, 1.165) is 16.9 Å². The van der Waals surface area contributed by atoms with Gasteiger partial charge in [-0.15, -0.1) is 22.7 Å². The average Bonchev–Trinajstić information content (AvgIpc) is 3.01. The molecule has 0 aliphatic heterocycles. The molecule has 0 spiro atoms. The number of thiophene rings is 2. The molecule has 0 radical (unpaired) electrons. The van der Waals surface area contributed by atoms with Gasteiger partial charge in [0.05, 0.1) is 9.75 Å². The van der Waals surface area contributed by atoms with E-state index in [1.165, 1.54) is 34.8 Å². The number of hydrogen-bond acceptors (Lipinski definition) is 2. The Bertz CT molecular complexity index is 711. The van der Waals surface area contributed by atoms with E-state index < -0.39 is 0 Å². The number of benzene rings is 1. The van der Waals surface area contributed by atoms with Crippen molar-refractivity contribution < 1.29 is 8.78 Å². The average molecular weight is 530 g/mol. The van der Waals surface area contributed by atoms with Crippen LogP contribution >= 0.6 is 67.9 Å². The summed E-state index contributed by atoms with van der Waals surface area (Å²) < 4.78 is 30.5. The predicted octanol–water partition coefficient (Wildman–Crippen LogP) is 6.63. The van der Waals surface area contributed by atoms with Crippen LogP contribution in [-0.2, 0) is 0 Å².